The Morgan fingerprint density at radius 3 is 2.87 bits per heavy atom. The number of para-hydroxylation sites is 2. The Labute approximate surface area is 179 Å². The Morgan fingerprint density at radius 2 is 1.90 bits per heavy atom. The second kappa shape index (κ2) is 7.28. The van der Waals surface area contributed by atoms with E-state index in [9.17, 15) is 0 Å². The van der Waals surface area contributed by atoms with Crippen LogP contribution in [-0.4, -0.2) is 55.7 Å². The number of anilines is 2. The van der Waals surface area contributed by atoms with Gasteiger partial charge in [0.2, 0.25) is 0 Å². The maximum absolute atomic E-state index is 4.63. The van der Waals surface area contributed by atoms with E-state index in [1.807, 2.05) is 12.3 Å². The Morgan fingerprint density at radius 1 is 1.00 bits per heavy atom. The van der Waals surface area contributed by atoms with Gasteiger partial charge in [-0.25, -0.2) is 0 Å². The van der Waals surface area contributed by atoms with Gasteiger partial charge in [0, 0.05) is 56.8 Å². The summed E-state index contributed by atoms with van der Waals surface area (Å²) in [7, 11) is 2.24. The zero-order valence-electron chi connectivity index (χ0n) is 17.8. The summed E-state index contributed by atoms with van der Waals surface area (Å²) in [5, 5.41) is 1.25. The van der Waals surface area contributed by atoms with Gasteiger partial charge >= 0.3 is 0 Å². The first-order valence-electron chi connectivity index (χ1n) is 11.5. The summed E-state index contributed by atoms with van der Waals surface area (Å²) in [6, 6.07) is 18.4. The average Bonchev–Trinajstić information content (AvgIpc) is 3.11. The summed E-state index contributed by atoms with van der Waals surface area (Å²) >= 11 is 0. The zero-order valence-corrected chi connectivity index (χ0v) is 17.8. The van der Waals surface area contributed by atoms with Crippen LogP contribution in [0.25, 0.3) is 10.9 Å². The molecular formula is C26H30N4. The minimum absolute atomic E-state index is 0.666. The van der Waals surface area contributed by atoms with Gasteiger partial charge in [-0.3, -0.25) is 4.98 Å². The van der Waals surface area contributed by atoms with Crippen molar-refractivity contribution in [3.8, 4) is 0 Å². The number of aromatic nitrogens is 1. The molecule has 4 heteroatoms. The van der Waals surface area contributed by atoms with Crippen LogP contribution in [0.15, 0.2) is 54.7 Å². The van der Waals surface area contributed by atoms with Crippen LogP contribution in [0.4, 0.5) is 11.4 Å². The van der Waals surface area contributed by atoms with Crippen molar-refractivity contribution in [2.24, 2.45) is 0 Å². The highest BCUT2D eigenvalue weighted by Gasteiger charge is 2.44. The molecule has 0 radical (unpaired) electrons. The third kappa shape index (κ3) is 2.89. The highest BCUT2D eigenvalue weighted by Crippen LogP contribution is 2.50. The fourth-order valence-electron chi connectivity index (χ4n) is 6.04. The number of aryl methyl sites for hydroxylation is 1. The molecule has 0 aliphatic carbocycles. The van der Waals surface area contributed by atoms with Crippen LogP contribution in [-0.2, 0) is 6.42 Å². The molecule has 4 nitrogen and oxygen atoms in total. The number of nitrogens with zero attached hydrogens (tertiary/aromatic N) is 4. The SMILES string of the molecule is CN1CCN2c3c(cccc31)[C@@H]1CN(CCCc3cccc4cccnc34)CC[C@@H]12. The summed E-state index contributed by atoms with van der Waals surface area (Å²) in [6.45, 7) is 5.93. The molecule has 4 heterocycles. The molecule has 154 valence electrons. The number of fused-ring (bicyclic) bond motifs is 4. The van der Waals surface area contributed by atoms with E-state index in [0.717, 1.165) is 13.0 Å². The molecule has 0 N–H and O–H groups in total. The van der Waals surface area contributed by atoms with E-state index in [4.69, 9.17) is 0 Å². The Hall–Kier alpha value is -2.59. The van der Waals surface area contributed by atoms with Crippen molar-refractivity contribution in [1.82, 2.24) is 9.88 Å². The lowest BCUT2D eigenvalue weighted by molar-refractivity contribution is 0.191. The maximum atomic E-state index is 4.63. The molecule has 2 atom stereocenters. The fraction of sp³-hybridized carbons (Fsp3) is 0.423. The number of likely N-dealkylation sites (N-methyl/N-ethyl adjacent to an activating group) is 1. The van der Waals surface area contributed by atoms with Crippen LogP contribution in [0.5, 0.6) is 0 Å². The first kappa shape index (κ1) is 18.2. The van der Waals surface area contributed by atoms with E-state index in [0.29, 0.717) is 12.0 Å². The number of piperidine rings is 1. The largest absolute Gasteiger partial charge is 0.371 e. The van der Waals surface area contributed by atoms with Crippen molar-refractivity contribution >= 4 is 22.3 Å². The Kier molecular flexibility index (Phi) is 4.41. The van der Waals surface area contributed by atoms with Crippen molar-refractivity contribution in [1.29, 1.82) is 0 Å². The molecule has 3 aromatic rings. The lowest BCUT2D eigenvalue weighted by atomic mass is 9.89. The van der Waals surface area contributed by atoms with Crippen LogP contribution < -0.4 is 9.80 Å². The monoisotopic (exact) mass is 398 g/mol. The summed E-state index contributed by atoms with van der Waals surface area (Å²) in [4.78, 5) is 12.5. The molecule has 0 amide bonds. The Balaban J connectivity index is 1.15. The van der Waals surface area contributed by atoms with Crippen LogP contribution >= 0.6 is 0 Å². The molecule has 30 heavy (non-hydrogen) atoms. The zero-order chi connectivity index (χ0) is 20.1. The van der Waals surface area contributed by atoms with Crippen LogP contribution in [0.3, 0.4) is 0 Å². The molecule has 6 rings (SSSR count). The van der Waals surface area contributed by atoms with Gasteiger partial charge in [-0.15, -0.1) is 0 Å². The number of pyridine rings is 1. The lowest BCUT2D eigenvalue weighted by Crippen LogP contribution is -2.49. The predicted octanol–water partition coefficient (Wildman–Crippen LogP) is 4.30. The molecule has 1 saturated heterocycles. The van der Waals surface area contributed by atoms with Gasteiger partial charge in [0.15, 0.2) is 0 Å². The van der Waals surface area contributed by atoms with Gasteiger partial charge in [-0.2, -0.15) is 0 Å². The van der Waals surface area contributed by atoms with Gasteiger partial charge in [0.25, 0.3) is 0 Å². The van der Waals surface area contributed by atoms with E-state index in [2.05, 4.69) is 69.2 Å². The topological polar surface area (TPSA) is 22.6 Å². The smallest absolute Gasteiger partial charge is 0.0733 e. The fourth-order valence-corrected chi connectivity index (χ4v) is 6.04. The van der Waals surface area contributed by atoms with E-state index in [1.165, 1.54) is 66.9 Å². The first-order valence-corrected chi connectivity index (χ1v) is 11.5. The number of benzene rings is 2. The molecule has 0 saturated carbocycles. The van der Waals surface area contributed by atoms with Crippen molar-refractivity contribution in [3.63, 3.8) is 0 Å². The highest BCUT2D eigenvalue weighted by atomic mass is 15.3. The molecule has 1 aromatic heterocycles. The van der Waals surface area contributed by atoms with E-state index < -0.39 is 0 Å². The normalized spacial score (nSPS) is 23.0. The van der Waals surface area contributed by atoms with Crippen molar-refractivity contribution in [3.05, 3.63) is 65.9 Å². The maximum Gasteiger partial charge on any atom is 0.0733 e. The molecule has 3 aliphatic heterocycles. The highest BCUT2D eigenvalue weighted by molar-refractivity contribution is 5.82. The minimum atomic E-state index is 0.666. The van der Waals surface area contributed by atoms with Crippen molar-refractivity contribution in [2.75, 3.05) is 49.6 Å². The standard InChI is InChI=1S/C26H30N4/c1-28-16-17-30-23-12-15-29(18-22(23)21-10-3-11-24(28)26(21)30)14-5-9-20-7-2-6-19-8-4-13-27-25(19)20/h2-4,6-8,10-11,13,22-23H,5,9,12,14-18H2,1H3/t22-,23-/m0/s1. The molecule has 0 bridgehead atoms. The Bertz CT molecular complexity index is 1070. The van der Waals surface area contributed by atoms with Crippen LogP contribution in [0.2, 0.25) is 0 Å². The molecular weight excluding hydrogens is 368 g/mol. The molecule has 0 unspecified atom stereocenters. The van der Waals surface area contributed by atoms with Crippen LogP contribution in [0.1, 0.15) is 29.9 Å². The molecule has 1 fully saturated rings. The van der Waals surface area contributed by atoms with E-state index in [-0.39, 0.29) is 0 Å². The summed E-state index contributed by atoms with van der Waals surface area (Å²) in [6.07, 6.45) is 5.51. The van der Waals surface area contributed by atoms with Gasteiger partial charge < -0.3 is 14.7 Å². The lowest BCUT2D eigenvalue weighted by Gasteiger charge is -2.41. The minimum Gasteiger partial charge on any atom is -0.371 e. The van der Waals surface area contributed by atoms with E-state index >= 15 is 0 Å². The third-order valence-corrected chi connectivity index (χ3v) is 7.52. The van der Waals surface area contributed by atoms with Crippen molar-refractivity contribution in [2.45, 2.75) is 31.2 Å². The second-order valence-electron chi connectivity index (χ2n) is 9.19. The second-order valence-corrected chi connectivity index (χ2v) is 9.19. The number of likely N-dealkylation sites (tertiary alicyclic amines) is 1. The van der Waals surface area contributed by atoms with Crippen LogP contribution in [0, 0.1) is 0 Å². The average molecular weight is 399 g/mol. The molecule has 2 aromatic carbocycles. The summed E-state index contributed by atoms with van der Waals surface area (Å²) in [5.41, 5.74) is 7.12. The van der Waals surface area contributed by atoms with E-state index in [1.54, 1.807) is 5.56 Å². The summed E-state index contributed by atoms with van der Waals surface area (Å²) < 4.78 is 0. The van der Waals surface area contributed by atoms with Gasteiger partial charge in [0.05, 0.1) is 16.9 Å². The molecule has 3 aliphatic rings. The predicted molar refractivity (Wildman–Crippen MR) is 125 cm³/mol. The number of hydrogen-bond donors (Lipinski definition) is 0. The van der Waals surface area contributed by atoms with Gasteiger partial charge in [-0.05, 0) is 49.1 Å². The third-order valence-electron chi connectivity index (χ3n) is 7.52. The van der Waals surface area contributed by atoms with Gasteiger partial charge in [0.1, 0.15) is 0 Å². The molecule has 0 spiro atoms. The van der Waals surface area contributed by atoms with Crippen molar-refractivity contribution < 1.29 is 0 Å². The summed E-state index contributed by atoms with van der Waals surface area (Å²) in [5.74, 6) is 0.666. The number of hydrogen-bond acceptors (Lipinski definition) is 4. The number of rotatable bonds is 4. The quantitative estimate of drug-likeness (QED) is 0.654. The van der Waals surface area contributed by atoms with Gasteiger partial charge in [-0.1, -0.05) is 36.4 Å². The first-order chi connectivity index (χ1) is 14.8.